The molecule has 8 rings (SSSR count). The molecular weight excluding hydrogens is 703 g/mol. The second kappa shape index (κ2) is 14.3. The number of rotatable bonds is 6. The maximum atomic E-state index is 2.49. The standard InChI is InChI=1S/C32H25.C13H10.2ClH.Zr/c1-22-19-25-21-29-27(30(25)28(20-22)23-11-5-3-6-12-23)17-18-32(2,26-15-7-4-8-16-26)31(29)24-13-9-10-14-24;1-3-7-12(8-4-1)11-13-9-5-2-6-10-13;;;/h3-13,15-20H,14H2,1-2H3;1-10H;2*1H;/q;;;;+2/p-2. The van der Waals surface area contributed by atoms with E-state index in [1.54, 1.807) is 3.28 Å². The number of fused-ring (bicyclic) bond motifs is 2. The largest absolute Gasteiger partial charge is 1.00 e. The molecule has 0 aliphatic heterocycles. The Balaban J connectivity index is 0.00000201. The smallest absolute Gasteiger partial charge is 1.00 e. The van der Waals surface area contributed by atoms with Crippen molar-refractivity contribution < 1.29 is 47.6 Å². The third kappa shape index (κ3) is 5.99. The summed E-state index contributed by atoms with van der Waals surface area (Å²) in [4.78, 5) is 0. The molecule has 3 aliphatic carbocycles. The first-order valence-corrected chi connectivity index (χ1v) is 18.6. The predicted octanol–water partition coefficient (Wildman–Crippen LogP) is 3.00. The Labute approximate surface area is 307 Å². The maximum absolute atomic E-state index is 2.49. The number of hydrogen-bond acceptors (Lipinski definition) is 0. The monoisotopic (exact) mass is 735 g/mol. The van der Waals surface area contributed by atoms with Crippen LogP contribution >= 0.6 is 0 Å². The van der Waals surface area contributed by atoms with Crippen molar-refractivity contribution in [3.05, 3.63) is 213 Å². The molecule has 0 radical (unpaired) electrons. The average molecular weight is 738 g/mol. The summed E-state index contributed by atoms with van der Waals surface area (Å²) in [5.41, 5.74) is 13.5. The minimum Gasteiger partial charge on any atom is -1.00 e. The molecule has 3 heteroatoms. The number of benzene rings is 5. The van der Waals surface area contributed by atoms with Crippen molar-refractivity contribution in [1.29, 1.82) is 0 Å². The van der Waals surface area contributed by atoms with E-state index >= 15 is 0 Å². The van der Waals surface area contributed by atoms with Gasteiger partial charge < -0.3 is 24.8 Å². The molecule has 0 amide bonds. The van der Waals surface area contributed by atoms with Crippen LogP contribution in [0.3, 0.4) is 0 Å². The van der Waals surface area contributed by atoms with E-state index in [1.807, 2.05) is 0 Å². The summed E-state index contributed by atoms with van der Waals surface area (Å²) in [6.07, 6.45) is 12.9. The number of allylic oxidation sites excluding steroid dienone is 8. The van der Waals surface area contributed by atoms with Gasteiger partial charge in [-0.05, 0) is 0 Å². The molecule has 0 spiro atoms. The first-order chi connectivity index (χ1) is 22.6. The zero-order valence-electron chi connectivity index (χ0n) is 27.1. The van der Waals surface area contributed by atoms with Gasteiger partial charge in [-0.1, -0.05) is 0 Å². The number of aryl methyl sites for hydroxylation is 1. The van der Waals surface area contributed by atoms with Crippen LogP contribution in [0.25, 0.3) is 20.0 Å². The van der Waals surface area contributed by atoms with E-state index in [4.69, 9.17) is 0 Å². The third-order valence-electron chi connectivity index (χ3n) is 9.62. The summed E-state index contributed by atoms with van der Waals surface area (Å²) in [7, 11) is 0. The molecule has 0 fully saturated rings. The summed E-state index contributed by atoms with van der Waals surface area (Å²) in [5.74, 6) is 0. The molecule has 0 nitrogen and oxygen atoms in total. The second-order valence-electron chi connectivity index (χ2n) is 12.6. The average Bonchev–Trinajstić information content (AvgIpc) is 3.75. The summed E-state index contributed by atoms with van der Waals surface area (Å²) in [6, 6.07) is 49.3. The van der Waals surface area contributed by atoms with Gasteiger partial charge in [0.1, 0.15) is 0 Å². The molecule has 0 saturated carbocycles. The van der Waals surface area contributed by atoms with Crippen LogP contribution in [0.1, 0.15) is 35.6 Å². The molecule has 3 aliphatic rings. The van der Waals surface area contributed by atoms with Gasteiger partial charge in [0.15, 0.2) is 0 Å². The number of hydrogen-bond donors (Lipinski definition) is 0. The van der Waals surface area contributed by atoms with Crippen molar-refractivity contribution in [3.63, 3.8) is 0 Å². The predicted molar refractivity (Wildman–Crippen MR) is 191 cm³/mol. The van der Waals surface area contributed by atoms with Gasteiger partial charge in [0.2, 0.25) is 0 Å². The van der Waals surface area contributed by atoms with Crippen LogP contribution in [0, 0.1) is 6.92 Å². The Kier molecular flexibility index (Phi) is 10.1. The van der Waals surface area contributed by atoms with Crippen LogP contribution < -0.4 is 35.3 Å². The van der Waals surface area contributed by atoms with Crippen molar-refractivity contribution in [2.75, 3.05) is 0 Å². The van der Waals surface area contributed by atoms with Gasteiger partial charge >= 0.3 is 285 Å². The van der Waals surface area contributed by atoms with E-state index < -0.39 is 22.8 Å². The van der Waals surface area contributed by atoms with E-state index in [9.17, 15) is 0 Å². The summed E-state index contributed by atoms with van der Waals surface area (Å²) < 4.78 is 3.11. The molecule has 233 valence electrons. The van der Waals surface area contributed by atoms with E-state index in [-0.39, 0.29) is 30.2 Å². The molecule has 0 N–H and O–H groups in total. The topological polar surface area (TPSA) is 0 Å². The summed E-state index contributed by atoms with van der Waals surface area (Å²) >= 11 is -1.40. The van der Waals surface area contributed by atoms with E-state index in [1.165, 1.54) is 69.3 Å². The summed E-state index contributed by atoms with van der Waals surface area (Å²) in [5, 5.41) is 2.84. The molecule has 1 unspecified atom stereocenters. The fraction of sp³-hybridized carbons (Fsp3) is 0.0889. The Morgan fingerprint density at radius 1 is 0.708 bits per heavy atom. The zero-order chi connectivity index (χ0) is 31.1. The minimum atomic E-state index is -1.40. The van der Waals surface area contributed by atoms with Gasteiger partial charge in [0.25, 0.3) is 0 Å². The van der Waals surface area contributed by atoms with Crippen molar-refractivity contribution in [2.45, 2.75) is 25.7 Å². The second-order valence-corrected chi connectivity index (χ2v) is 15.7. The van der Waals surface area contributed by atoms with Crippen molar-refractivity contribution in [1.82, 2.24) is 0 Å². The fourth-order valence-corrected chi connectivity index (χ4v) is 11.4. The Bertz CT molecular complexity index is 2220. The van der Waals surface area contributed by atoms with E-state index in [0.29, 0.717) is 0 Å². The molecule has 0 heterocycles. The molecule has 0 aromatic heterocycles. The normalized spacial score (nSPS) is 17.2. The molecule has 48 heavy (non-hydrogen) atoms. The Morgan fingerprint density at radius 2 is 1.29 bits per heavy atom. The fourth-order valence-electron chi connectivity index (χ4n) is 7.46. The van der Waals surface area contributed by atoms with Crippen LogP contribution in [0.4, 0.5) is 0 Å². The van der Waals surface area contributed by atoms with Crippen LogP contribution in [0.5, 0.6) is 0 Å². The number of halogens is 2. The van der Waals surface area contributed by atoms with Gasteiger partial charge in [0.05, 0.1) is 0 Å². The van der Waals surface area contributed by atoms with Gasteiger partial charge in [0, 0.05) is 0 Å². The zero-order valence-corrected chi connectivity index (χ0v) is 31.0. The van der Waals surface area contributed by atoms with E-state index in [2.05, 4.69) is 178 Å². The Morgan fingerprint density at radius 3 is 1.88 bits per heavy atom. The van der Waals surface area contributed by atoms with Crippen LogP contribution in [0.2, 0.25) is 0 Å². The van der Waals surface area contributed by atoms with Crippen LogP contribution in [-0.2, 0) is 28.2 Å². The van der Waals surface area contributed by atoms with Gasteiger partial charge in [-0.2, -0.15) is 0 Å². The van der Waals surface area contributed by atoms with Crippen molar-refractivity contribution in [2.24, 2.45) is 0 Å². The molecule has 5 aromatic rings. The van der Waals surface area contributed by atoms with Crippen LogP contribution in [0.15, 0.2) is 181 Å². The quantitative estimate of drug-likeness (QED) is 0.252. The minimum absolute atomic E-state index is 0. The van der Waals surface area contributed by atoms with Crippen molar-refractivity contribution in [3.8, 4) is 11.1 Å². The first-order valence-electron chi connectivity index (χ1n) is 16.2. The van der Waals surface area contributed by atoms with Gasteiger partial charge in [-0.25, -0.2) is 0 Å². The maximum Gasteiger partial charge on any atom is -1.00 e. The summed E-state index contributed by atoms with van der Waals surface area (Å²) in [6.45, 7) is 4.70. The molecule has 0 saturated heterocycles. The SMILES string of the molecule is Cc1cc(-c2ccccc2)c2c(c1)=[C]([Zr+2]=[C](c1ccccc1)c1ccccc1)C1=C(C3=CC=CC3)C(C)(c3ccccc3)C=CC=21.[Cl-].[Cl-]. The van der Waals surface area contributed by atoms with E-state index in [0.717, 1.165) is 6.42 Å². The molecule has 5 aromatic carbocycles. The Hall–Kier alpha value is -3.87. The molecular formula is C45H35Cl2Zr. The van der Waals surface area contributed by atoms with Crippen molar-refractivity contribution >= 4 is 12.1 Å². The third-order valence-corrected chi connectivity index (χ3v) is 13.5. The van der Waals surface area contributed by atoms with Crippen LogP contribution in [-0.4, -0.2) is 3.21 Å². The van der Waals surface area contributed by atoms with Gasteiger partial charge in [-0.15, -0.1) is 0 Å². The van der Waals surface area contributed by atoms with Gasteiger partial charge in [-0.3, -0.25) is 0 Å². The molecule has 0 bridgehead atoms. The first kappa shape index (κ1) is 34.0. The molecule has 1 atom stereocenters.